The minimum absolute atomic E-state index is 0.132. The second kappa shape index (κ2) is 13.1. The number of methoxy groups -OCH3 is 1. The maximum Gasteiger partial charge on any atom is 0.320 e. The lowest BCUT2D eigenvalue weighted by molar-refractivity contribution is -0.139. The van der Waals surface area contributed by atoms with Crippen molar-refractivity contribution in [3.8, 4) is 5.88 Å². The van der Waals surface area contributed by atoms with E-state index in [0.29, 0.717) is 60.4 Å². The van der Waals surface area contributed by atoms with Gasteiger partial charge in [0.15, 0.2) is 5.43 Å². The van der Waals surface area contributed by atoms with Crippen molar-refractivity contribution in [3.63, 3.8) is 0 Å². The molecule has 5 atom stereocenters. The monoisotopic (exact) mass is 700 g/mol. The summed E-state index contributed by atoms with van der Waals surface area (Å²) in [4.78, 5) is 41.0. The molecular weight excluding hydrogens is 660 g/mol. The van der Waals surface area contributed by atoms with Crippen LogP contribution in [0.25, 0.3) is 10.9 Å². The number of nitrogens with two attached hydrogens (primary N) is 1. The molecule has 12 nitrogen and oxygen atoms in total. The van der Waals surface area contributed by atoms with Gasteiger partial charge in [-0.15, -0.1) is 0 Å². The van der Waals surface area contributed by atoms with Crippen LogP contribution >= 0.6 is 11.8 Å². The van der Waals surface area contributed by atoms with E-state index >= 15 is 4.39 Å². The number of carbonyl (C=O) groups is 1. The van der Waals surface area contributed by atoms with Gasteiger partial charge in [0.05, 0.1) is 41.1 Å². The molecule has 6 heterocycles. The normalized spacial score (nSPS) is 23.0. The number of nitrogens with one attached hydrogen (secondary N) is 1. The molecule has 4 aliphatic rings. The van der Waals surface area contributed by atoms with E-state index in [-0.39, 0.29) is 29.3 Å². The van der Waals surface area contributed by atoms with Crippen LogP contribution in [0.2, 0.25) is 0 Å². The minimum atomic E-state index is -0.870. The molecule has 1 aromatic carbocycles. The SMILES string of the molecule is COc1cc(CN(Cc2c3n(c4cc(N5C[C@@H]6C(NC(C)C(=O)O)[C@@H]6C5)c(F)cc4c2=O)CS3)[C@H]2CCCN(c3ccc(N)nc3)C2)ccn1. The quantitative estimate of drug-likeness (QED) is 0.210. The molecule has 8 rings (SSSR count). The van der Waals surface area contributed by atoms with Crippen molar-refractivity contribution in [2.24, 2.45) is 11.8 Å². The first-order chi connectivity index (χ1) is 24.2. The number of aliphatic carboxylic acids is 1. The number of anilines is 3. The topological polar surface area (TPSA) is 142 Å². The third-order valence-electron chi connectivity index (χ3n) is 10.9. The molecule has 0 spiro atoms. The maximum atomic E-state index is 15.9. The molecule has 2 saturated heterocycles. The number of carboxylic acids is 1. The minimum Gasteiger partial charge on any atom is -0.481 e. The Morgan fingerprint density at radius 3 is 2.68 bits per heavy atom. The molecule has 3 fully saturated rings. The Kier molecular flexibility index (Phi) is 8.56. The molecule has 0 bridgehead atoms. The number of carboxylic acid groups (broad SMARTS) is 1. The second-order valence-electron chi connectivity index (χ2n) is 13.9. The van der Waals surface area contributed by atoms with E-state index in [9.17, 15) is 14.7 Å². The highest BCUT2D eigenvalue weighted by molar-refractivity contribution is 7.99. The summed E-state index contributed by atoms with van der Waals surface area (Å²) in [6.45, 7) is 5.63. The number of benzene rings is 1. The van der Waals surface area contributed by atoms with Gasteiger partial charge in [-0.1, -0.05) is 11.8 Å². The maximum absolute atomic E-state index is 15.9. The average Bonchev–Trinajstić information content (AvgIpc) is 3.52. The third-order valence-corrected chi connectivity index (χ3v) is 12.0. The molecular formula is C36H41FN8O4S. The van der Waals surface area contributed by atoms with Crippen LogP contribution in [-0.4, -0.2) is 81.9 Å². The smallest absolute Gasteiger partial charge is 0.320 e. The van der Waals surface area contributed by atoms with Crippen LogP contribution in [0.3, 0.4) is 0 Å². The average molecular weight is 701 g/mol. The molecule has 50 heavy (non-hydrogen) atoms. The number of rotatable bonds is 11. The van der Waals surface area contributed by atoms with E-state index in [4.69, 9.17) is 10.5 Å². The number of nitrogen functional groups attached to an aromatic ring is 1. The lowest BCUT2D eigenvalue weighted by Crippen LogP contribution is -2.48. The molecule has 3 aromatic heterocycles. The van der Waals surface area contributed by atoms with Crippen molar-refractivity contribution < 1.29 is 19.0 Å². The lowest BCUT2D eigenvalue weighted by atomic mass is 10.0. The summed E-state index contributed by atoms with van der Waals surface area (Å²) >= 11 is 1.66. The van der Waals surface area contributed by atoms with Gasteiger partial charge in [-0.2, -0.15) is 0 Å². The van der Waals surface area contributed by atoms with Gasteiger partial charge in [0.25, 0.3) is 0 Å². The first kappa shape index (κ1) is 32.8. The summed E-state index contributed by atoms with van der Waals surface area (Å²) in [6, 6.07) is 10.7. The highest BCUT2D eigenvalue weighted by Gasteiger charge is 2.56. The number of hydrogen-bond acceptors (Lipinski definition) is 11. The molecule has 1 aliphatic carbocycles. The van der Waals surface area contributed by atoms with Crippen molar-refractivity contribution in [1.29, 1.82) is 0 Å². The lowest BCUT2D eigenvalue weighted by Gasteiger charge is -2.41. The van der Waals surface area contributed by atoms with Gasteiger partial charge in [-0.3, -0.25) is 14.5 Å². The van der Waals surface area contributed by atoms with E-state index < -0.39 is 17.8 Å². The third kappa shape index (κ3) is 6.02. The number of hydrogen-bond donors (Lipinski definition) is 3. The first-order valence-corrected chi connectivity index (χ1v) is 18.1. The van der Waals surface area contributed by atoms with E-state index in [1.807, 2.05) is 41.4 Å². The number of piperidine rings is 2. The van der Waals surface area contributed by atoms with Gasteiger partial charge < -0.3 is 35.3 Å². The predicted molar refractivity (Wildman–Crippen MR) is 191 cm³/mol. The molecule has 14 heteroatoms. The molecule has 4 aromatic rings. The zero-order valence-corrected chi connectivity index (χ0v) is 28.9. The van der Waals surface area contributed by atoms with Gasteiger partial charge in [0.1, 0.15) is 17.7 Å². The van der Waals surface area contributed by atoms with Crippen LogP contribution in [0, 0.1) is 17.7 Å². The standard InChI is InChI=1S/C36H41FN8O4S/c1-20(36(47)48)41-33-25-16-44(17-26(25)33)30-12-29-24(11-28(30)37)34(46)27(35-45(29)19-50-35)18-43(14-21-7-8-39-32(10-21)49-2)23-4-3-9-42(15-23)22-5-6-31(38)40-13-22/h5-8,10-13,20,23,25-26,33,41H,3-4,9,14-19H2,1-2H3,(H2,38,40)(H,47,48)/t20?,23-,25-,26+,33?/m0/s1. The van der Waals surface area contributed by atoms with Crippen molar-refractivity contribution in [3.05, 3.63) is 76.0 Å². The van der Waals surface area contributed by atoms with Crippen LogP contribution in [0.1, 0.15) is 30.9 Å². The van der Waals surface area contributed by atoms with E-state index in [1.54, 1.807) is 32.0 Å². The van der Waals surface area contributed by atoms with Gasteiger partial charge in [0, 0.05) is 74.6 Å². The number of pyridine rings is 3. The molecule has 1 saturated carbocycles. The summed E-state index contributed by atoms with van der Waals surface area (Å²) < 4.78 is 23.5. The summed E-state index contributed by atoms with van der Waals surface area (Å²) in [5, 5.41) is 13.8. The number of halogens is 1. The predicted octanol–water partition coefficient (Wildman–Crippen LogP) is 3.75. The largest absolute Gasteiger partial charge is 0.481 e. The zero-order valence-electron chi connectivity index (χ0n) is 28.1. The van der Waals surface area contributed by atoms with Crippen molar-refractivity contribution in [2.75, 3.05) is 48.8 Å². The molecule has 2 unspecified atom stereocenters. The molecule has 3 aliphatic heterocycles. The fraction of sp³-hybridized carbons (Fsp3) is 0.444. The van der Waals surface area contributed by atoms with Gasteiger partial charge in [-0.25, -0.2) is 14.4 Å². The number of thioether (sulfide) groups is 1. The van der Waals surface area contributed by atoms with Crippen molar-refractivity contribution in [1.82, 2.24) is 24.8 Å². The van der Waals surface area contributed by atoms with Gasteiger partial charge in [-0.05, 0) is 67.5 Å². The van der Waals surface area contributed by atoms with E-state index in [0.717, 1.165) is 47.7 Å². The Balaban J connectivity index is 1.08. The van der Waals surface area contributed by atoms with Crippen LogP contribution in [0.15, 0.2) is 58.6 Å². The van der Waals surface area contributed by atoms with Crippen LogP contribution in [-0.2, 0) is 23.8 Å². The highest BCUT2D eigenvalue weighted by atomic mass is 32.2. The Morgan fingerprint density at radius 2 is 1.98 bits per heavy atom. The number of aromatic nitrogens is 3. The Bertz CT molecular complexity index is 2000. The highest BCUT2D eigenvalue weighted by Crippen LogP contribution is 2.48. The first-order valence-electron chi connectivity index (χ1n) is 17.1. The van der Waals surface area contributed by atoms with Gasteiger partial charge in [0.2, 0.25) is 5.88 Å². The fourth-order valence-corrected chi connectivity index (χ4v) is 8.99. The Hall–Kier alpha value is -4.40. The van der Waals surface area contributed by atoms with Crippen LogP contribution < -0.4 is 31.0 Å². The number of fused-ring (bicyclic) bond motifs is 4. The Morgan fingerprint density at radius 1 is 1.16 bits per heavy atom. The number of ether oxygens (including phenoxy) is 1. The Labute approximate surface area is 293 Å². The van der Waals surface area contributed by atoms with Crippen LogP contribution in [0.5, 0.6) is 5.88 Å². The second-order valence-corrected chi connectivity index (χ2v) is 14.8. The summed E-state index contributed by atoms with van der Waals surface area (Å²) in [5.74, 6) is 1.01. The fourth-order valence-electron chi connectivity index (χ4n) is 8.03. The molecule has 262 valence electrons. The molecule has 4 N–H and O–H groups in total. The zero-order chi connectivity index (χ0) is 34.7. The van der Waals surface area contributed by atoms with E-state index in [1.165, 1.54) is 6.07 Å². The molecule has 0 radical (unpaired) electrons. The summed E-state index contributed by atoms with van der Waals surface area (Å²) in [5.41, 5.74) is 9.73. The van der Waals surface area contributed by atoms with E-state index in [2.05, 4.69) is 29.7 Å². The van der Waals surface area contributed by atoms with Crippen molar-refractivity contribution in [2.45, 2.75) is 61.9 Å². The summed E-state index contributed by atoms with van der Waals surface area (Å²) in [7, 11) is 1.60. The summed E-state index contributed by atoms with van der Waals surface area (Å²) in [6.07, 6.45) is 5.50. The molecule has 0 amide bonds. The number of nitrogens with zero attached hydrogens (tertiary/aromatic N) is 6. The van der Waals surface area contributed by atoms with Gasteiger partial charge >= 0.3 is 5.97 Å². The van der Waals surface area contributed by atoms with Crippen molar-refractivity contribution >= 4 is 45.8 Å². The van der Waals surface area contributed by atoms with Crippen LogP contribution in [0.4, 0.5) is 21.6 Å².